The third-order valence-electron chi connectivity index (χ3n) is 1.20. The quantitative estimate of drug-likeness (QED) is 0.397. The molecule has 6 heteroatoms. The van der Waals surface area contributed by atoms with Crippen molar-refractivity contribution in [2.45, 2.75) is 38.1 Å². The summed E-state index contributed by atoms with van der Waals surface area (Å²) in [6, 6.07) is 0. The summed E-state index contributed by atoms with van der Waals surface area (Å²) < 4.78 is 15.0. The van der Waals surface area contributed by atoms with Crippen molar-refractivity contribution in [3.05, 3.63) is 0 Å². The van der Waals surface area contributed by atoms with Gasteiger partial charge in [-0.3, -0.25) is 4.57 Å². The molecule has 0 radical (unpaired) electrons. The SMILES string of the molecule is C.CCC(C)OP(=O)(O)C(S)S. The zero-order valence-corrected chi connectivity index (χ0v) is 9.15. The van der Waals surface area contributed by atoms with Gasteiger partial charge in [-0.15, -0.1) is 0 Å². The van der Waals surface area contributed by atoms with Gasteiger partial charge in [0, 0.05) is 0 Å². The molecule has 1 N–H and O–H groups in total. The van der Waals surface area contributed by atoms with Crippen LogP contribution in [0.2, 0.25) is 0 Å². The first-order valence-corrected chi connectivity index (χ1v) is 5.95. The highest BCUT2D eigenvalue weighted by molar-refractivity contribution is 8.08. The minimum Gasteiger partial charge on any atom is -0.323 e. The van der Waals surface area contributed by atoms with Gasteiger partial charge in [0.25, 0.3) is 0 Å². The van der Waals surface area contributed by atoms with Crippen molar-refractivity contribution < 1.29 is 14.0 Å². The van der Waals surface area contributed by atoms with Crippen molar-refractivity contribution >= 4 is 32.9 Å². The summed E-state index contributed by atoms with van der Waals surface area (Å²) in [5, 5.41) is 0. The molecule has 0 saturated carbocycles. The van der Waals surface area contributed by atoms with Crippen molar-refractivity contribution in [3.8, 4) is 0 Å². The van der Waals surface area contributed by atoms with Gasteiger partial charge in [-0.25, -0.2) is 0 Å². The van der Waals surface area contributed by atoms with Crippen molar-refractivity contribution in [1.82, 2.24) is 0 Å². The second-order valence-electron chi connectivity index (χ2n) is 2.23. The van der Waals surface area contributed by atoms with Crippen LogP contribution < -0.4 is 0 Å². The fourth-order valence-corrected chi connectivity index (χ4v) is 1.49. The van der Waals surface area contributed by atoms with Crippen LogP contribution in [0.4, 0.5) is 0 Å². The monoisotopic (exact) mass is 232 g/mol. The molecule has 12 heavy (non-hydrogen) atoms. The molecule has 0 rings (SSSR count). The zero-order valence-electron chi connectivity index (χ0n) is 6.47. The van der Waals surface area contributed by atoms with E-state index >= 15 is 0 Å². The number of thiol groups is 2. The van der Waals surface area contributed by atoms with Gasteiger partial charge >= 0.3 is 7.60 Å². The summed E-state index contributed by atoms with van der Waals surface area (Å²) in [4.78, 5) is 9.07. The Morgan fingerprint density at radius 1 is 1.58 bits per heavy atom. The number of hydrogen-bond donors (Lipinski definition) is 3. The standard InChI is InChI=1S/C5H13O3PS2.CH4/c1-3-4(2)8-9(6,7)5(10)11;/h4-5,10-11H,3H2,1-2H3,(H,6,7);1H4. The lowest BCUT2D eigenvalue weighted by atomic mass is 10.3. The van der Waals surface area contributed by atoms with E-state index in [9.17, 15) is 4.57 Å². The molecule has 0 aromatic carbocycles. The van der Waals surface area contributed by atoms with Crippen LogP contribution in [-0.2, 0) is 9.09 Å². The number of hydrogen-bond acceptors (Lipinski definition) is 4. The maximum atomic E-state index is 11.1. The lowest BCUT2D eigenvalue weighted by molar-refractivity contribution is 0.187. The molecule has 0 aliphatic carbocycles. The van der Waals surface area contributed by atoms with Crippen molar-refractivity contribution in [3.63, 3.8) is 0 Å². The highest BCUT2D eigenvalue weighted by Crippen LogP contribution is 2.52. The van der Waals surface area contributed by atoms with Crippen LogP contribution >= 0.6 is 32.9 Å². The summed E-state index contributed by atoms with van der Waals surface area (Å²) in [7, 11) is -3.61. The summed E-state index contributed by atoms with van der Waals surface area (Å²) in [6.07, 6.45) is 0.464. The van der Waals surface area contributed by atoms with Gasteiger partial charge in [-0.05, 0) is 13.3 Å². The maximum Gasteiger partial charge on any atom is 0.350 e. The van der Waals surface area contributed by atoms with E-state index in [-0.39, 0.29) is 13.5 Å². The summed E-state index contributed by atoms with van der Waals surface area (Å²) in [5.41, 5.74) is 0. The molecule has 0 fully saturated rings. The van der Waals surface area contributed by atoms with Gasteiger partial charge in [-0.1, -0.05) is 14.4 Å². The molecule has 0 aliphatic heterocycles. The molecule has 0 aliphatic rings. The molecule has 0 amide bonds. The van der Waals surface area contributed by atoms with Crippen LogP contribution in [0.5, 0.6) is 0 Å². The van der Waals surface area contributed by atoms with E-state index in [1.54, 1.807) is 6.92 Å². The van der Waals surface area contributed by atoms with Gasteiger partial charge in [0.2, 0.25) is 0 Å². The molecule has 2 atom stereocenters. The third-order valence-corrected chi connectivity index (χ3v) is 4.19. The van der Waals surface area contributed by atoms with Crippen LogP contribution in [-0.4, -0.2) is 15.3 Å². The lowest BCUT2D eigenvalue weighted by Crippen LogP contribution is -2.07. The van der Waals surface area contributed by atoms with E-state index in [4.69, 9.17) is 9.42 Å². The lowest BCUT2D eigenvalue weighted by Gasteiger charge is -2.18. The molecule has 0 aromatic rings. The van der Waals surface area contributed by atoms with Crippen LogP contribution in [0.25, 0.3) is 0 Å². The smallest absolute Gasteiger partial charge is 0.323 e. The normalized spacial score (nSPS) is 18.2. The van der Waals surface area contributed by atoms with E-state index < -0.39 is 11.9 Å². The highest BCUT2D eigenvalue weighted by atomic mass is 32.2. The zero-order chi connectivity index (χ0) is 9.07. The fourth-order valence-electron chi connectivity index (χ4n) is 0.387. The molecular formula is C6H17O3PS2. The van der Waals surface area contributed by atoms with E-state index in [0.717, 1.165) is 0 Å². The number of rotatable bonds is 4. The Bertz CT molecular complexity index is 163. The first kappa shape index (κ1) is 15.3. The molecule has 76 valence electrons. The second kappa shape index (κ2) is 6.33. The Kier molecular flexibility index (Phi) is 8.08. The van der Waals surface area contributed by atoms with E-state index in [2.05, 4.69) is 25.3 Å². The van der Waals surface area contributed by atoms with Gasteiger partial charge in [-0.2, -0.15) is 25.3 Å². The molecule has 2 unspecified atom stereocenters. The second-order valence-corrected chi connectivity index (χ2v) is 6.35. The average Bonchev–Trinajstić information content (AvgIpc) is 1.86. The van der Waals surface area contributed by atoms with E-state index in [1.165, 1.54) is 0 Å². The molecule has 0 bridgehead atoms. The highest BCUT2D eigenvalue weighted by Gasteiger charge is 2.27. The largest absolute Gasteiger partial charge is 0.350 e. The Balaban J connectivity index is 0. The predicted molar refractivity (Wildman–Crippen MR) is 59.2 cm³/mol. The van der Waals surface area contributed by atoms with Crippen molar-refractivity contribution in [1.29, 1.82) is 0 Å². The first-order valence-electron chi connectivity index (χ1n) is 3.27. The molecular weight excluding hydrogens is 215 g/mol. The molecule has 0 saturated heterocycles. The van der Waals surface area contributed by atoms with Gasteiger partial charge in [0.15, 0.2) is 0 Å². The van der Waals surface area contributed by atoms with Crippen molar-refractivity contribution in [2.24, 2.45) is 0 Å². The van der Waals surface area contributed by atoms with Crippen LogP contribution in [0.3, 0.4) is 0 Å². The predicted octanol–water partition coefficient (Wildman–Crippen LogP) is 2.77. The molecule has 3 nitrogen and oxygen atoms in total. The maximum absolute atomic E-state index is 11.1. The van der Waals surface area contributed by atoms with Crippen LogP contribution in [0.15, 0.2) is 0 Å². The molecule has 0 spiro atoms. The van der Waals surface area contributed by atoms with Gasteiger partial charge in [0.1, 0.15) is 4.32 Å². The fraction of sp³-hybridized carbons (Fsp3) is 1.00. The third kappa shape index (κ3) is 5.49. The molecule has 0 aromatic heterocycles. The average molecular weight is 232 g/mol. The Labute approximate surface area is 85.3 Å². The van der Waals surface area contributed by atoms with E-state index in [1.807, 2.05) is 6.92 Å². The van der Waals surface area contributed by atoms with Crippen LogP contribution in [0.1, 0.15) is 27.7 Å². The summed E-state index contributed by atoms with van der Waals surface area (Å²) >= 11 is 7.44. The van der Waals surface area contributed by atoms with Gasteiger partial charge < -0.3 is 9.42 Å². The summed E-state index contributed by atoms with van der Waals surface area (Å²) in [6.45, 7) is 3.60. The Morgan fingerprint density at radius 3 is 2.25 bits per heavy atom. The minimum atomic E-state index is -3.61. The van der Waals surface area contributed by atoms with Crippen molar-refractivity contribution in [2.75, 3.05) is 0 Å². The first-order chi connectivity index (χ1) is 4.90. The molecule has 0 heterocycles. The van der Waals surface area contributed by atoms with Crippen LogP contribution in [0, 0.1) is 0 Å². The minimum absolute atomic E-state index is 0. The Hall–Kier alpha value is 0.850. The summed E-state index contributed by atoms with van der Waals surface area (Å²) in [5.74, 6) is 0. The Morgan fingerprint density at radius 2 is 2.00 bits per heavy atom. The van der Waals surface area contributed by atoms with E-state index in [0.29, 0.717) is 6.42 Å². The van der Waals surface area contributed by atoms with Gasteiger partial charge in [0.05, 0.1) is 6.10 Å². The topological polar surface area (TPSA) is 46.5 Å².